The average Bonchev–Trinajstić information content (AvgIpc) is 3.07. The van der Waals surface area contributed by atoms with Gasteiger partial charge in [-0.3, -0.25) is 9.69 Å². The van der Waals surface area contributed by atoms with Crippen LogP contribution in [0, 0.1) is 11.2 Å². The van der Waals surface area contributed by atoms with Crippen LogP contribution in [0.2, 0.25) is 0 Å². The van der Waals surface area contributed by atoms with E-state index < -0.39 is 0 Å². The number of nitrogens with zero attached hydrogens (tertiary/aromatic N) is 2. The minimum absolute atomic E-state index is 0.175. The van der Waals surface area contributed by atoms with E-state index in [2.05, 4.69) is 10.2 Å². The zero-order valence-corrected chi connectivity index (χ0v) is 15.5. The molecule has 3 N–H and O–H groups in total. The van der Waals surface area contributed by atoms with E-state index in [0.717, 1.165) is 56.1 Å². The summed E-state index contributed by atoms with van der Waals surface area (Å²) in [5, 5.41) is 3.42. The molecule has 2 heterocycles. The van der Waals surface area contributed by atoms with Crippen molar-refractivity contribution in [2.24, 2.45) is 5.41 Å². The molecule has 1 spiro atoms. The molecule has 2 saturated heterocycles. The van der Waals surface area contributed by atoms with Crippen molar-refractivity contribution >= 4 is 17.3 Å². The van der Waals surface area contributed by atoms with Crippen LogP contribution in [-0.2, 0) is 4.79 Å². The maximum absolute atomic E-state index is 13.1. The fourth-order valence-electron chi connectivity index (χ4n) is 4.20. The van der Waals surface area contributed by atoms with Crippen LogP contribution >= 0.6 is 0 Å². The first kappa shape index (κ1) is 17.8. The highest BCUT2D eigenvalue weighted by molar-refractivity contribution is 5.76. The van der Waals surface area contributed by atoms with E-state index in [0.29, 0.717) is 5.69 Å². The Morgan fingerprint density at radius 3 is 2.52 bits per heavy atom. The third kappa shape index (κ3) is 3.62. The number of carbonyl (C=O) groups is 1. The average molecular weight is 368 g/mol. The molecule has 5 nitrogen and oxygen atoms in total. The maximum Gasteiger partial charge on any atom is 0.219 e. The van der Waals surface area contributed by atoms with E-state index in [-0.39, 0.29) is 17.1 Å². The molecular formula is C21H25FN4O. The van der Waals surface area contributed by atoms with Crippen LogP contribution in [0.25, 0.3) is 11.1 Å². The predicted molar refractivity (Wildman–Crippen MR) is 106 cm³/mol. The van der Waals surface area contributed by atoms with Crippen molar-refractivity contribution in [3.05, 3.63) is 48.3 Å². The molecule has 0 unspecified atom stereocenters. The number of likely N-dealkylation sites (tertiary alicyclic amines) is 2. The van der Waals surface area contributed by atoms with E-state index in [1.54, 1.807) is 19.1 Å². The summed E-state index contributed by atoms with van der Waals surface area (Å²) in [5.41, 5.74) is 9.93. The van der Waals surface area contributed by atoms with Gasteiger partial charge in [-0.1, -0.05) is 18.2 Å². The van der Waals surface area contributed by atoms with Gasteiger partial charge in [-0.15, -0.1) is 0 Å². The normalized spacial score (nSPS) is 18.5. The molecule has 142 valence electrons. The SMILES string of the molecule is CC(=O)N1CCC2(CN(CNc3cc(-c4ccc(F)cc4)ccc3N)C2)C1. The third-order valence-corrected chi connectivity index (χ3v) is 5.73. The van der Waals surface area contributed by atoms with Crippen molar-refractivity contribution in [1.29, 1.82) is 0 Å². The van der Waals surface area contributed by atoms with Crippen molar-refractivity contribution in [2.45, 2.75) is 13.3 Å². The number of hydrogen-bond donors (Lipinski definition) is 2. The summed E-state index contributed by atoms with van der Waals surface area (Å²) in [6.45, 7) is 6.12. The summed E-state index contributed by atoms with van der Waals surface area (Å²) in [4.78, 5) is 15.8. The second kappa shape index (κ2) is 6.85. The number of nitrogens with one attached hydrogen (secondary N) is 1. The zero-order chi connectivity index (χ0) is 19.0. The highest BCUT2D eigenvalue weighted by atomic mass is 19.1. The molecule has 2 aromatic carbocycles. The summed E-state index contributed by atoms with van der Waals surface area (Å²) >= 11 is 0. The number of carbonyl (C=O) groups excluding carboxylic acids is 1. The minimum atomic E-state index is -0.241. The molecule has 0 saturated carbocycles. The van der Waals surface area contributed by atoms with Crippen LogP contribution in [0.1, 0.15) is 13.3 Å². The van der Waals surface area contributed by atoms with Gasteiger partial charge in [-0.2, -0.15) is 0 Å². The number of amides is 1. The van der Waals surface area contributed by atoms with Gasteiger partial charge in [0.05, 0.1) is 18.0 Å². The Hall–Kier alpha value is -2.60. The molecule has 6 heteroatoms. The quantitative estimate of drug-likeness (QED) is 0.815. The molecule has 2 aliphatic heterocycles. The van der Waals surface area contributed by atoms with Crippen LogP contribution in [0.3, 0.4) is 0 Å². The Labute approximate surface area is 158 Å². The van der Waals surface area contributed by atoms with Gasteiger partial charge in [0.1, 0.15) is 5.82 Å². The number of nitrogen functional groups attached to an aromatic ring is 1. The highest BCUT2D eigenvalue weighted by Gasteiger charge is 2.47. The van der Waals surface area contributed by atoms with E-state index in [1.807, 2.05) is 23.1 Å². The summed E-state index contributed by atoms with van der Waals surface area (Å²) in [6, 6.07) is 12.3. The first-order valence-corrected chi connectivity index (χ1v) is 9.31. The number of halogens is 1. The molecular weight excluding hydrogens is 343 g/mol. The van der Waals surface area contributed by atoms with E-state index in [1.165, 1.54) is 12.1 Å². The molecule has 0 bridgehead atoms. The fraction of sp³-hybridized carbons (Fsp3) is 0.381. The highest BCUT2D eigenvalue weighted by Crippen LogP contribution is 2.39. The predicted octanol–water partition coefficient (Wildman–Crippen LogP) is 3.00. The third-order valence-electron chi connectivity index (χ3n) is 5.73. The number of benzene rings is 2. The van der Waals surface area contributed by atoms with Crippen molar-refractivity contribution in [3.63, 3.8) is 0 Å². The Bertz CT molecular complexity index is 846. The molecule has 0 aromatic heterocycles. The minimum Gasteiger partial charge on any atom is -0.397 e. The van der Waals surface area contributed by atoms with Gasteiger partial charge >= 0.3 is 0 Å². The van der Waals surface area contributed by atoms with Crippen LogP contribution in [0.5, 0.6) is 0 Å². The van der Waals surface area contributed by atoms with Crippen LogP contribution in [-0.4, -0.2) is 48.6 Å². The van der Waals surface area contributed by atoms with Gasteiger partial charge in [0, 0.05) is 38.5 Å². The summed E-state index contributed by atoms with van der Waals surface area (Å²) in [7, 11) is 0. The Morgan fingerprint density at radius 2 is 1.85 bits per heavy atom. The first-order valence-electron chi connectivity index (χ1n) is 9.31. The van der Waals surface area contributed by atoms with Gasteiger partial charge in [0.25, 0.3) is 0 Å². The number of hydrogen-bond acceptors (Lipinski definition) is 4. The Kier molecular flexibility index (Phi) is 4.52. The van der Waals surface area contributed by atoms with Crippen molar-refractivity contribution < 1.29 is 9.18 Å². The van der Waals surface area contributed by atoms with Crippen LogP contribution in [0.4, 0.5) is 15.8 Å². The van der Waals surface area contributed by atoms with Crippen molar-refractivity contribution in [3.8, 4) is 11.1 Å². The molecule has 0 aliphatic carbocycles. The molecule has 27 heavy (non-hydrogen) atoms. The maximum atomic E-state index is 13.1. The van der Waals surface area contributed by atoms with Gasteiger partial charge < -0.3 is 16.0 Å². The smallest absolute Gasteiger partial charge is 0.219 e. The molecule has 2 aromatic rings. The molecule has 2 fully saturated rings. The molecule has 0 radical (unpaired) electrons. The fourth-order valence-corrected chi connectivity index (χ4v) is 4.20. The van der Waals surface area contributed by atoms with Crippen LogP contribution < -0.4 is 11.1 Å². The van der Waals surface area contributed by atoms with Crippen molar-refractivity contribution in [1.82, 2.24) is 9.80 Å². The monoisotopic (exact) mass is 368 g/mol. The largest absolute Gasteiger partial charge is 0.397 e. The number of anilines is 2. The van der Waals surface area contributed by atoms with Gasteiger partial charge in [-0.05, 0) is 41.8 Å². The zero-order valence-electron chi connectivity index (χ0n) is 15.5. The van der Waals surface area contributed by atoms with Gasteiger partial charge in [0.2, 0.25) is 5.91 Å². The molecule has 4 rings (SSSR count). The van der Waals surface area contributed by atoms with E-state index >= 15 is 0 Å². The van der Waals surface area contributed by atoms with Crippen LogP contribution in [0.15, 0.2) is 42.5 Å². The molecule has 2 aliphatic rings. The lowest BCUT2D eigenvalue weighted by atomic mass is 9.79. The Morgan fingerprint density at radius 1 is 1.15 bits per heavy atom. The lowest BCUT2D eigenvalue weighted by molar-refractivity contribution is -0.128. The molecule has 0 atom stereocenters. The van der Waals surface area contributed by atoms with Crippen molar-refractivity contribution in [2.75, 3.05) is 43.9 Å². The van der Waals surface area contributed by atoms with Gasteiger partial charge in [0.15, 0.2) is 0 Å². The van der Waals surface area contributed by atoms with E-state index in [9.17, 15) is 9.18 Å². The Balaban J connectivity index is 1.36. The number of rotatable bonds is 4. The lowest BCUT2D eigenvalue weighted by Gasteiger charge is -2.48. The first-order chi connectivity index (χ1) is 12.9. The van der Waals surface area contributed by atoms with Gasteiger partial charge in [-0.25, -0.2) is 4.39 Å². The summed E-state index contributed by atoms with van der Waals surface area (Å²) in [6.07, 6.45) is 1.09. The summed E-state index contributed by atoms with van der Waals surface area (Å²) < 4.78 is 13.1. The van der Waals surface area contributed by atoms with E-state index in [4.69, 9.17) is 5.73 Å². The number of nitrogens with two attached hydrogens (primary N) is 1. The summed E-state index contributed by atoms with van der Waals surface area (Å²) in [5.74, 6) is -0.0664. The lowest BCUT2D eigenvalue weighted by Crippen LogP contribution is -2.58. The molecule has 1 amide bonds. The second-order valence-electron chi connectivity index (χ2n) is 7.82. The second-order valence-corrected chi connectivity index (χ2v) is 7.82. The standard InChI is InChI=1S/C21H25FN4O/c1-15(27)26-9-8-21(13-26)11-25(12-21)14-24-20-10-17(4-7-19(20)23)16-2-5-18(22)6-3-16/h2-7,10,24H,8-9,11-14,23H2,1H3. The topological polar surface area (TPSA) is 61.6 Å².